The molecule has 2 aromatic rings. The lowest BCUT2D eigenvalue weighted by Gasteiger charge is -2.28. The molecule has 29 heavy (non-hydrogen) atoms. The van der Waals surface area contributed by atoms with Crippen LogP contribution in [0.4, 0.5) is 0 Å². The monoisotopic (exact) mass is 414 g/mol. The Morgan fingerprint density at radius 2 is 1.97 bits per heavy atom. The smallest absolute Gasteiger partial charge is 0.242 e. The predicted molar refractivity (Wildman–Crippen MR) is 113 cm³/mol. The molecule has 1 aliphatic heterocycles. The van der Waals surface area contributed by atoms with E-state index in [4.69, 9.17) is 9.47 Å². The van der Waals surface area contributed by atoms with Crippen LogP contribution >= 0.6 is 11.3 Å². The number of carbonyl (C=O) groups is 2. The predicted octanol–water partition coefficient (Wildman–Crippen LogP) is 3.68. The fourth-order valence-electron chi connectivity index (χ4n) is 3.10. The molecule has 0 spiro atoms. The van der Waals surface area contributed by atoms with Crippen LogP contribution in [-0.2, 0) is 22.7 Å². The van der Waals surface area contributed by atoms with Gasteiger partial charge in [0.15, 0.2) is 11.5 Å². The second-order valence-corrected chi connectivity index (χ2v) is 8.21. The van der Waals surface area contributed by atoms with E-state index < -0.39 is 0 Å². The van der Waals surface area contributed by atoms with E-state index in [0.29, 0.717) is 31.1 Å². The Labute approximate surface area is 175 Å². The van der Waals surface area contributed by atoms with Crippen molar-refractivity contribution in [3.63, 3.8) is 0 Å². The van der Waals surface area contributed by atoms with Crippen LogP contribution in [0.3, 0.4) is 0 Å². The zero-order valence-electron chi connectivity index (χ0n) is 16.8. The van der Waals surface area contributed by atoms with E-state index in [9.17, 15) is 9.59 Å². The number of thiophene rings is 1. The average molecular weight is 415 g/mol. The van der Waals surface area contributed by atoms with Crippen LogP contribution in [0.2, 0.25) is 0 Å². The molecule has 0 fully saturated rings. The average Bonchev–Trinajstić information content (AvgIpc) is 3.37. The van der Waals surface area contributed by atoms with Crippen molar-refractivity contribution in [1.29, 1.82) is 0 Å². The summed E-state index contributed by atoms with van der Waals surface area (Å²) in [4.78, 5) is 30.1. The van der Waals surface area contributed by atoms with E-state index in [1.165, 1.54) is 0 Å². The van der Waals surface area contributed by atoms with Crippen molar-refractivity contribution in [3.05, 3.63) is 58.8 Å². The fourth-order valence-corrected chi connectivity index (χ4v) is 3.82. The Bertz CT molecular complexity index is 864. The molecule has 0 bridgehead atoms. The zero-order valence-corrected chi connectivity index (χ0v) is 17.6. The van der Waals surface area contributed by atoms with Crippen LogP contribution in [0.1, 0.15) is 24.3 Å². The topological polar surface area (TPSA) is 59.1 Å². The molecule has 1 aliphatic rings. The van der Waals surface area contributed by atoms with E-state index in [1.807, 2.05) is 49.6 Å². The van der Waals surface area contributed by atoms with Crippen LogP contribution in [0.15, 0.2) is 48.4 Å². The van der Waals surface area contributed by atoms with E-state index in [0.717, 1.165) is 10.4 Å². The molecule has 0 aliphatic carbocycles. The first-order valence-corrected chi connectivity index (χ1v) is 10.4. The molecule has 0 saturated heterocycles. The van der Waals surface area contributed by atoms with Gasteiger partial charge >= 0.3 is 0 Å². The molecule has 3 rings (SSSR count). The molecule has 2 amide bonds. The van der Waals surface area contributed by atoms with Crippen LogP contribution in [0.25, 0.3) is 0 Å². The molecule has 1 aromatic carbocycles. The maximum absolute atomic E-state index is 13.2. The summed E-state index contributed by atoms with van der Waals surface area (Å²) in [5.41, 5.74) is 0.949. The Morgan fingerprint density at radius 3 is 2.66 bits per heavy atom. The van der Waals surface area contributed by atoms with E-state index in [2.05, 4.69) is 6.58 Å². The summed E-state index contributed by atoms with van der Waals surface area (Å²) in [6, 6.07) is 9.67. The van der Waals surface area contributed by atoms with E-state index in [1.54, 1.807) is 27.2 Å². The van der Waals surface area contributed by atoms with E-state index >= 15 is 0 Å². The summed E-state index contributed by atoms with van der Waals surface area (Å²) in [5, 5.41) is 1.99. The molecule has 1 aromatic heterocycles. The molecule has 2 heterocycles. The Hall–Kier alpha value is -2.80. The first-order valence-electron chi connectivity index (χ1n) is 9.56. The molecule has 0 atom stereocenters. The minimum atomic E-state index is -0.178. The quantitative estimate of drug-likeness (QED) is 0.588. The Morgan fingerprint density at radius 1 is 1.17 bits per heavy atom. The lowest BCUT2D eigenvalue weighted by atomic mass is 10.1. The van der Waals surface area contributed by atoms with Crippen LogP contribution in [-0.4, -0.2) is 41.5 Å². The third kappa shape index (κ3) is 5.38. The highest BCUT2D eigenvalue weighted by molar-refractivity contribution is 7.09. The lowest BCUT2D eigenvalue weighted by molar-refractivity contribution is -0.142. The van der Waals surface area contributed by atoms with Gasteiger partial charge < -0.3 is 19.3 Å². The van der Waals surface area contributed by atoms with Crippen LogP contribution < -0.4 is 9.47 Å². The van der Waals surface area contributed by atoms with Crippen molar-refractivity contribution in [2.45, 2.75) is 26.9 Å². The highest BCUT2D eigenvalue weighted by Gasteiger charge is 2.23. The largest absolute Gasteiger partial charge is 0.454 e. The van der Waals surface area contributed by atoms with Gasteiger partial charge in [-0.1, -0.05) is 32.1 Å². The number of benzene rings is 1. The van der Waals surface area contributed by atoms with Crippen molar-refractivity contribution < 1.29 is 19.1 Å². The molecule has 0 unspecified atom stereocenters. The summed E-state index contributed by atoms with van der Waals surface area (Å²) in [6.07, 6.45) is 1.65. The van der Waals surface area contributed by atoms with Gasteiger partial charge in [-0.05, 0) is 29.1 Å². The highest BCUT2D eigenvalue weighted by Crippen LogP contribution is 2.33. The summed E-state index contributed by atoms with van der Waals surface area (Å²) in [6.45, 7) is 8.87. The van der Waals surface area contributed by atoms with Gasteiger partial charge in [-0.3, -0.25) is 9.59 Å². The van der Waals surface area contributed by atoms with Crippen LogP contribution in [0, 0.1) is 5.92 Å². The summed E-state index contributed by atoms with van der Waals surface area (Å²) < 4.78 is 10.8. The van der Waals surface area contributed by atoms with Crippen molar-refractivity contribution in [2.75, 3.05) is 19.9 Å². The zero-order chi connectivity index (χ0) is 20.8. The number of hydrogen-bond donors (Lipinski definition) is 0. The molecule has 0 radical (unpaired) electrons. The van der Waals surface area contributed by atoms with Gasteiger partial charge in [-0.25, -0.2) is 0 Å². The van der Waals surface area contributed by atoms with E-state index in [-0.39, 0.29) is 31.1 Å². The SMILES string of the molecule is C=CCN(CC(=O)N(Cc1ccc2c(c1)OCO2)Cc1cccs1)C(=O)C(C)C. The van der Waals surface area contributed by atoms with Gasteiger partial charge in [0.25, 0.3) is 0 Å². The van der Waals surface area contributed by atoms with Gasteiger partial charge in [0.1, 0.15) is 6.54 Å². The van der Waals surface area contributed by atoms with Crippen molar-refractivity contribution in [2.24, 2.45) is 5.92 Å². The molecular formula is C22H26N2O4S. The molecule has 7 heteroatoms. The molecule has 154 valence electrons. The van der Waals surface area contributed by atoms with Gasteiger partial charge in [0.05, 0.1) is 6.54 Å². The summed E-state index contributed by atoms with van der Waals surface area (Å²) >= 11 is 1.60. The Kier molecular flexibility index (Phi) is 6.93. The number of carbonyl (C=O) groups excluding carboxylic acids is 2. The molecule has 0 saturated carbocycles. The lowest BCUT2D eigenvalue weighted by Crippen LogP contribution is -2.43. The minimum absolute atomic E-state index is 0.0267. The fraction of sp³-hybridized carbons (Fsp3) is 0.364. The third-order valence-electron chi connectivity index (χ3n) is 4.57. The maximum atomic E-state index is 13.2. The maximum Gasteiger partial charge on any atom is 0.242 e. The number of rotatable bonds is 9. The van der Waals surface area contributed by atoms with Gasteiger partial charge in [0, 0.05) is 23.9 Å². The number of ether oxygens (including phenoxy) is 2. The number of amides is 2. The van der Waals surface area contributed by atoms with Crippen molar-refractivity contribution in [3.8, 4) is 11.5 Å². The molecule has 0 N–H and O–H groups in total. The number of nitrogens with zero attached hydrogens (tertiary/aromatic N) is 2. The van der Waals surface area contributed by atoms with Gasteiger partial charge in [0.2, 0.25) is 18.6 Å². The summed E-state index contributed by atoms with van der Waals surface area (Å²) in [7, 11) is 0. The molecule has 6 nitrogen and oxygen atoms in total. The Balaban J connectivity index is 1.77. The second-order valence-electron chi connectivity index (χ2n) is 7.18. The van der Waals surface area contributed by atoms with Gasteiger partial charge in [-0.15, -0.1) is 17.9 Å². The molecular weight excluding hydrogens is 388 g/mol. The second kappa shape index (κ2) is 9.60. The normalized spacial score (nSPS) is 12.1. The van der Waals surface area contributed by atoms with Crippen molar-refractivity contribution >= 4 is 23.2 Å². The minimum Gasteiger partial charge on any atom is -0.454 e. The first kappa shape index (κ1) is 20.9. The first-order chi connectivity index (χ1) is 14.0. The number of hydrogen-bond acceptors (Lipinski definition) is 5. The van der Waals surface area contributed by atoms with Gasteiger partial charge in [-0.2, -0.15) is 0 Å². The van der Waals surface area contributed by atoms with Crippen LogP contribution in [0.5, 0.6) is 11.5 Å². The van der Waals surface area contributed by atoms with Crippen molar-refractivity contribution in [1.82, 2.24) is 9.80 Å². The summed E-state index contributed by atoms with van der Waals surface area (Å²) in [5.74, 6) is 1.06. The third-order valence-corrected chi connectivity index (χ3v) is 5.43. The standard InChI is InChI=1S/C22H26N2O4S/c1-4-9-23(22(26)16(2)3)14-21(25)24(13-18-6-5-10-29-18)12-17-7-8-19-20(11-17)28-15-27-19/h4-8,10-11,16H,1,9,12-15H2,2-3H3. The number of fused-ring (bicyclic) bond motifs is 1. The highest BCUT2D eigenvalue weighted by atomic mass is 32.1.